The topological polar surface area (TPSA) is 86.8 Å². The number of carbonyl (C=O) groups is 1. The van der Waals surface area contributed by atoms with Crippen LogP contribution in [0.25, 0.3) is 0 Å². The second kappa shape index (κ2) is 6.33. The molecule has 0 aromatic carbocycles. The molecule has 5 heteroatoms. The van der Waals surface area contributed by atoms with Crippen LogP contribution in [0.1, 0.15) is 32.6 Å². The average molecular weight is 244 g/mol. The fourth-order valence-electron chi connectivity index (χ4n) is 2.66. The third-order valence-electron chi connectivity index (χ3n) is 3.49. The molecule has 0 aromatic rings. The highest BCUT2D eigenvalue weighted by molar-refractivity contribution is 5.86. The Balaban J connectivity index is 2.70. The zero-order valence-electron chi connectivity index (χ0n) is 10.6. The molecular weight excluding hydrogens is 220 g/mol. The first-order chi connectivity index (χ1) is 8.03. The van der Waals surface area contributed by atoms with Gasteiger partial charge in [-0.15, -0.1) is 0 Å². The molecule has 0 saturated heterocycles. The second-order valence-electron chi connectivity index (χ2n) is 5.10. The van der Waals surface area contributed by atoms with Crippen LogP contribution in [0.5, 0.6) is 0 Å². The van der Waals surface area contributed by atoms with E-state index in [1.807, 2.05) is 0 Å². The van der Waals surface area contributed by atoms with Crippen molar-refractivity contribution < 1.29 is 15.0 Å². The Kier molecular flexibility index (Phi) is 5.36. The summed E-state index contributed by atoms with van der Waals surface area (Å²) in [6.45, 7) is 2.39. The first-order valence-corrected chi connectivity index (χ1v) is 6.33. The lowest BCUT2D eigenvalue weighted by molar-refractivity contribution is -0.139. The molecule has 0 bridgehead atoms. The second-order valence-corrected chi connectivity index (χ2v) is 5.10. The fraction of sp³-hybridized carbons (Fsp3) is 0.917. The fourth-order valence-corrected chi connectivity index (χ4v) is 2.66. The molecule has 1 amide bonds. The number of amides is 1. The number of carbonyl (C=O) groups excluding carboxylic acids is 1. The molecule has 0 heterocycles. The van der Waals surface area contributed by atoms with E-state index in [1.165, 1.54) is 4.90 Å². The first-order valence-electron chi connectivity index (χ1n) is 6.33. The van der Waals surface area contributed by atoms with E-state index in [0.29, 0.717) is 18.8 Å². The van der Waals surface area contributed by atoms with Crippen LogP contribution in [0, 0.1) is 5.92 Å². The Bertz CT molecular complexity index is 254. The molecule has 1 aliphatic carbocycles. The summed E-state index contributed by atoms with van der Waals surface area (Å²) in [6, 6.07) is 0. The van der Waals surface area contributed by atoms with Gasteiger partial charge in [0.1, 0.15) is 0 Å². The monoisotopic (exact) mass is 244 g/mol. The van der Waals surface area contributed by atoms with Crippen LogP contribution in [0.3, 0.4) is 0 Å². The van der Waals surface area contributed by atoms with Crippen LogP contribution >= 0.6 is 0 Å². The quantitative estimate of drug-likeness (QED) is 0.620. The normalized spacial score (nSPS) is 29.1. The smallest absolute Gasteiger partial charge is 0.242 e. The molecule has 0 aromatic heterocycles. The van der Waals surface area contributed by atoms with Crippen molar-refractivity contribution in [1.82, 2.24) is 4.90 Å². The molecule has 17 heavy (non-hydrogen) atoms. The minimum atomic E-state index is -0.804. The van der Waals surface area contributed by atoms with E-state index in [2.05, 4.69) is 6.92 Å². The van der Waals surface area contributed by atoms with Crippen molar-refractivity contribution in [2.45, 2.75) is 38.1 Å². The van der Waals surface area contributed by atoms with Crippen molar-refractivity contribution >= 4 is 5.91 Å². The van der Waals surface area contributed by atoms with Gasteiger partial charge in [-0.05, 0) is 18.8 Å². The van der Waals surface area contributed by atoms with Crippen molar-refractivity contribution in [3.05, 3.63) is 0 Å². The summed E-state index contributed by atoms with van der Waals surface area (Å²) in [5.41, 5.74) is 5.40. The van der Waals surface area contributed by atoms with Gasteiger partial charge in [0.15, 0.2) is 0 Å². The maximum Gasteiger partial charge on any atom is 0.242 e. The summed E-state index contributed by atoms with van der Waals surface area (Å²) < 4.78 is 0. The lowest BCUT2D eigenvalue weighted by Gasteiger charge is -2.39. The van der Waals surface area contributed by atoms with Crippen molar-refractivity contribution in [2.75, 3.05) is 26.3 Å². The van der Waals surface area contributed by atoms with Crippen molar-refractivity contribution in [3.8, 4) is 0 Å². The Morgan fingerprint density at radius 2 is 2.00 bits per heavy atom. The maximum atomic E-state index is 12.3. The molecule has 2 unspecified atom stereocenters. The third-order valence-corrected chi connectivity index (χ3v) is 3.49. The Hall–Kier alpha value is -0.650. The van der Waals surface area contributed by atoms with Gasteiger partial charge in [-0.1, -0.05) is 19.8 Å². The van der Waals surface area contributed by atoms with Crippen LogP contribution in [0.15, 0.2) is 0 Å². The van der Waals surface area contributed by atoms with Crippen molar-refractivity contribution in [1.29, 1.82) is 0 Å². The Morgan fingerprint density at radius 1 is 1.41 bits per heavy atom. The van der Waals surface area contributed by atoms with E-state index < -0.39 is 5.54 Å². The maximum absolute atomic E-state index is 12.3. The number of aliphatic hydroxyl groups is 2. The van der Waals surface area contributed by atoms with Gasteiger partial charge in [-0.3, -0.25) is 4.79 Å². The number of nitrogens with two attached hydrogens (primary N) is 1. The SMILES string of the molecule is CC1CCCC(N)(C(=O)N(CCO)CCO)C1. The Labute approximate surface area is 103 Å². The van der Waals surface area contributed by atoms with Gasteiger partial charge >= 0.3 is 0 Å². The number of rotatable bonds is 5. The zero-order valence-corrected chi connectivity index (χ0v) is 10.6. The van der Waals surface area contributed by atoms with Gasteiger partial charge in [0.2, 0.25) is 5.91 Å². The van der Waals surface area contributed by atoms with Crippen LogP contribution in [-0.4, -0.2) is 52.9 Å². The standard InChI is InChI=1S/C12H24N2O3/c1-10-3-2-4-12(13,9-10)11(17)14(5-7-15)6-8-16/h10,15-16H,2-9,13H2,1H3. The molecular formula is C12H24N2O3. The van der Waals surface area contributed by atoms with Crippen molar-refractivity contribution in [2.24, 2.45) is 11.7 Å². The molecule has 100 valence electrons. The summed E-state index contributed by atoms with van der Waals surface area (Å²) in [7, 11) is 0. The van der Waals surface area contributed by atoms with Gasteiger partial charge < -0.3 is 20.8 Å². The van der Waals surface area contributed by atoms with Gasteiger partial charge in [0, 0.05) is 13.1 Å². The third kappa shape index (κ3) is 3.66. The van der Waals surface area contributed by atoms with Crippen LogP contribution < -0.4 is 5.73 Å². The first kappa shape index (κ1) is 14.4. The summed E-state index contributed by atoms with van der Waals surface area (Å²) in [6.07, 6.45) is 3.48. The van der Waals surface area contributed by atoms with Crippen molar-refractivity contribution in [3.63, 3.8) is 0 Å². The van der Waals surface area contributed by atoms with E-state index in [9.17, 15) is 4.79 Å². The summed E-state index contributed by atoms with van der Waals surface area (Å²) in [5, 5.41) is 17.9. The Morgan fingerprint density at radius 3 is 2.47 bits per heavy atom. The predicted molar refractivity (Wildman–Crippen MR) is 65.3 cm³/mol. The van der Waals surface area contributed by atoms with Gasteiger partial charge in [-0.25, -0.2) is 0 Å². The molecule has 0 spiro atoms. The van der Waals surface area contributed by atoms with Gasteiger partial charge in [0.25, 0.3) is 0 Å². The molecule has 1 rings (SSSR count). The predicted octanol–water partition coefficient (Wildman–Crippen LogP) is -0.293. The molecule has 0 aliphatic heterocycles. The largest absolute Gasteiger partial charge is 0.395 e. The summed E-state index contributed by atoms with van der Waals surface area (Å²) in [4.78, 5) is 13.8. The molecule has 1 fully saturated rings. The summed E-state index contributed by atoms with van der Waals surface area (Å²) >= 11 is 0. The number of hydrogen-bond acceptors (Lipinski definition) is 4. The number of aliphatic hydroxyl groups excluding tert-OH is 2. The molecule has 0 radical (unpaired) electrons. The number of hydrogen-bond donors (Lipinski definition) is 3. The highest BCUT2D eigenvalue weighted by Crippen LogP contribution is 2.31. The zero-order chi connectivity index (χ0) is 12.9. The molecule has 1 saturated carbocycles. The van der Waals surface area contributed by atoms with Gasteiger partial charge in [0.05, 0.1) is 18.8 Å². The minimum absolute atomic E-state index is 0.0998. The van der Waals surface area contributed by atoms with E-state index >= 15 is 0 Å². The lowest BCUT2D eigenvalue weighted by atomic mass is 9.76. The molecule has 1 aliphatic rings. The van der Waals surface area contributed by atoms with E-state index in [0.717, 1.165) is 12.8 Å². The van der Waals surface area contributed by atoms with E-state index in [-0.39, 0.29) is 32.2 Å². The van der Waals surface area contributed by atoms with Crippen LogP contribution in [0.2, 0.25) is 0 Å². The lowest BCUT2D eigenvalue weighted by Crippen LogP contribution is -2.58. The summed E-state index contributed by atoms with van der Waals surface area (Å²) in [5.74, 6) is 0.329. The van der Waals surface area contributed by atoms with Gasteiger partial charge in [-0.2, -0.15) is 0 Å². The van der Waals surface area contributed by atoms with Crippen LogP contribution in [-0.2, 0) is 4.79 Å². The minimum Gasteiger partial charge on any atom is -0.395 e. The van der Waals surface area contributed by atoms with E-state index in [1.54, 1.807) is 0 Å². The van der Waals surface area contributed by atoms with Crippen LogP contribution in [0.4, 0.5) is 0 Å². The average Bonchev–Trinajstić information content (AvgIpc) is 2.27. The molecule has 4 N–H and O–H groups in total. The van der Waals surface area contributed by atoms with E-state index in [4.69, 9.17) is 15.9 Å². The highest BCUT2D eigenvalue weighted by atomic mass is 16.3. The molecule has 5 nitrogen and oxygen atoms in total. The molecule has 2 atom stereocenters. The number of nitrogens with zero attached hydrogens (tertiary/aromatic N) is 1. The highest BCUT2D eigenvalue weighted by Gasteiger charge is 2.40.